The van der Waals surface area contributed by atoms with E-state index in [1.54, 1.807) is 0 Å². The summed E-state index contributed by atoms with van der Waals surface area (Å²) in [5, 5.41) is 0. The highest BCUT2D eigenvalue weighted by Gasteiger charge is 2.60. The predicted octanol–water partition coefficient (Wildman–Crippen LogP) is 2.96. The Bertz CT molecular complexity index is 366. The number of allylic oxidation sites excluding steroid dienone is 1. The van der Waals surface area contributed by atoms with Crippen LogP contribution in [0.1, 0.15) is 47.0 Å². The van der Waals surface area contributed by atoms with Crippen molar-refractivity contribution < 1.29 is 9.53 Å². The van der Waals surface area contributed by atoms with Gasteiger partial charge < -0.3 is 9.64 Å². The largest absolute Gasteiger partial charge is 0.354 e. The lowest BCUT2D eigenvalue weighted by molar-refractivity contribution is -0.141. The zero-order valence-electron chi connectivity index (χ0n) is 12.0. The van der Waals surface area contributed by atoms with Gasteiger partial charge in [-0.3, -0.25) is 4.79 Å². The maximum Gasteiger partial charge on any atom is 0.231 e. The standard InChI is InChI=1S/C15H25NO2/c1-6-7-8-14(4)10-15(5)16(13(14)17)12(9-18-15)11(2)3/h6,11-12H,1,7-10H2,2-5H3/t12-,14-,15-/m1/s1. The summed E-state index contributed by atoms with van der Waals surface area (Å²) in [7, 11) is 0. The third-order valence-electron chi connectivity index (χ3n) is 4.53. The molecule has 0 aliphatic carbocycles. The second-order valence-corrected chi connectivity index (χ2v) is 6.54. The first-order valence-electron chi connectivity index (χ1n) is 6.93. The number of hydrogen-bond acceptors (Lipinski definition) is 2. The van der Waals surface area contributed by atoms with Gasteiger partial charge in [-0.15, -0.1) is 6.58 Å². The Hall–Kier alpha value is -0.830. The zero-order valence-corrected chi connectivity index (χ0v) is 12.0. The maximum absolute atomic E-state index is 12.7. The van der Waals surface area contributed by atoms with Gasteiger partial charge in [0.25, 0.3) is 0 Å². The highest BCUT2D eigenvalue weighted by Crippen LogP contribution is 2.50. The molecule has 3 nitrogen and oxygen atoms in total. The van der Waals surface area contributed by atoms with Crippen LogP contribution in [-0.4, -0.2) is 29.2 Å². The first-order valence-corrected chi connectivity index (χ1v) is 6.93. The Morgan fingerprint density at radius 1 is 1.56 bits per heavy atom. The lowest BCUT2D eigenvalue weighted by Gasteiger charge is -2.31. The lowest BCUT2D eigenvalue weighted by atomic mass is 9.81. The molecule has 102 valence electrons. The highest BCUT2D eigenvalue weighted by molar-refractivity contribution is 5.86. The molecule has 0 spiro atoms. The van der Waals surface area contributed by atoms with E-state index in [2.05, 4.69) is 34.3 Å². The van der Waals surface area contributed by atoms with Crippen LogP contribution >= 0.6 is 0 Å². The first kappa shape index (κ1) is 13.6. The minimum atomic E-state index is -0.387. The molecule has 2 rings (SSSR count). The second kappa shape index (κ2) is 4.37. The minimum absolute atomic E-state index is 0.230. The molecule has 0 aromatic rings. The van der Waals surface area contributed by atoms with Crippen LogP contribution in [0.2, 0.25) is 0 Å². The van der Waals surface area contributed by atoms with Crippen LogP contribution in [0.4, 0.5) is 0 Å². The molecule has 0 aromatic carbocycles. The normalized spacial score (nSPS) is 39.5. The molecular formula is C15H25NO2. The number of nitrogens with zero attached hydrogens (tertiary/aromatic N) is 1. The average molecular weight is 251 g/mol. The Morgan fingerprint density at radius 3 is 2.78 bits per heavy atom. The van der Waals surface area contributed by atoms with Crippen LogP contribution < -0.4 is 0 Å². The van der Waals surface area contributed by atoms with Crippen LogP contribution in [0.5, 0.6) is 0 Å². The van der Waals surface area contributed by atoms with Gasteiger partial charge in [0, 0.05) is 6.42 Å². The number of fused-ring (bicyclic) bond motifs is 1. The number of carbonyl (C=O) groups excluding carboxylic acids is 1. The van der Waals surface area contributed by atoms with Crippen molar-refractivity contribution >= 4 is 5.91 Å². The van der Waals surface area contributed by atoms with E-state index in [0.29, 0.717) is 12.5 Å². The second-order valence-electron chi connectivity index (χ2n) is 6.54. The molecule has 0 saturated carbocycles. The van der Waals surface area contributed by atoms with Gasteiger partial charge in [-0.1, -0.05) is 26.8 Å². The van der Waals surface area contributed by atoms with Crippen molar-refractivity contribution in [3.8, 4) is 0 Å². The van der Waals surface area contributed by atoms with Crippen molar-refractivity contribution in [3.63, 3.8) is 0 Å². The predicted molar refractivity (Wildman–Crippen MR) is 72.0 cm³/mol. The Labute approximate surface area is 110 Å². The molecule has 3 atom stereocenters. The molecule has 0 bridgehead atoms. The molecule has 0 unspecified atom stereocenters. The van der Waals surface area contributed by atoms with Crippen molar-refractivity contribution in [2.75, 3.05) is 6.61 Å². The average Bonchev–Trinajstić information content (AvgIpc) is 2.70. The third-order valence-corrected chi connectivity index (χ3v) is 4.53. The lowest BCUT2D eigenvalue weighted by Crippen LogP contribution is -2.46. The van der Waals surface area contributed by atoms with Crippen molar-refractivity contribution in [2.24, 2.45) is 11.3 Å². The van der Waals surface area contributed by atoms with Gasteiger partial charge in [0.05, 0.1) is 18.1 Å². The smallest absolute Gasteiger partial charge is 0.231 e. The van der Waals surface area contributed by atoms with Crippen LogP contribution in [0, 0.1) is 11.3 Å². The molecule has 2 saturated heterocycles. The molecule has 0 N–H and O–H groups in total. The van der Waals surface area contributed by atoms with E-state index in [0.717, 1.165) is 19.3 Å². The van der Waals surface area contributed by atoms with Crippen LogP contribution in [0.15, 0.2) is 12.7 Å². The number of rotatable bonds is 4. The van der Waals surface area contributed by atoms with Crippen molar-refractivity contribution in [1.29, 1.82) is 0 Å². The zero-order chi connectivity index (χ0) is 13.6. The summed E-state index contributed by atoms with van der Waals surface area (Å²) in [6.45, 7) is 12.9. The summed E-state index contributed by atoms with van der Waals surface area (Å²) < 4.78 is 5.96. The van der Waals surface area contributed by atoms with E-state index in [-0.39, 0.29) is 23.1 Å². The van der Waals surface area contributed by atoms with Crippen LogP contribution in [0.3, 0.4) is 0 Å². The van der Waals surface area contributed by atoms with E-state index in [4.69, 9.17) is 4.74 Å². The summed E-state index contributed by atoms with van der Waals surface area (Å²) in [6.07, 6.45) is 4.45. The van der Waals surface area contributed by atoms with E-state index in [1.165, 1.54) is 0 Å². The summed E-state index contributed by atoms with van der Waals surface area (Å²) in [6, 6.07) is 0.230. The van der Waals surface area contributed by atoms with E-state index < -0.39 is 0 Å². The topological polar surface area (TPSA) is 29.5 Å². The van der Waals surface area contributed by atoms with Crippen molar-refractivity contribution in [3.05, 3.63) is 12.7 Å². The fourth-order valence-electron chi connectivity index (χ4n) is 3.46. The number of ether oxygens (including phenoxy) is 1. The van der Waals surface area contributed by atoms with Gasteiger partial charge in [-0.05, 0) is 25.7 Å². The first-order chi connectivity index (χ1) is 8.34. The van der Waals surface area contributed by atoms with E-state index >= 15 is 0 Å². The van der Waals surface area contributed by atoms with Crippen LogP contribution in [-0.2, 0) is 9.53 Å². The Kier molecular flexibility index (Phi) is 3.30. The van der Waals surface area contributed by atoms with E-state index in [9.17, 15) is 4.79 Å². The number of amides is 1. The van der Waals surface area contributed by atoms with Crippen molar-refractivity contribution in [1.82, 2.24) is 4.90 Å². The molecule has 2 aliphatic rings. The highest BCUT2D eigenvalue weighted by atomic mass is 16.5. The molecule has 2 aliphatic heterocycles. The molecule has 18 heavy (non-hydrogen) atoms. The SMILES string of the molecule is C=CCC[C@]1(C)C[C@@]2(C)OC[C@H](C(C)C)N2C1=O. The van der Waals surface area contributed by atoms with E-state index in [1.807, 2.05) is 11.0 Å². The molecule has 0 radical (unpaired) electrons. The van der Waals surface area contributed by atoms with Gasteiger partial charge in [0.15, 0.2) is 0 Å². The van der Waals surface area contributed by atoms with Gasteiger partial charge >= 0.3 is 0 Å². The molecular weight excluding hydrogens is 226 g/mol. The van der Waals surface area contributed by atoms with Gasteiger partial charge in [0.1, 0.15) is 5.72 Å². The fourth-order valence-corrected chi connectivity index (χ4v) is 3.46. The minimum Gasteiger partial charge on any atom is -0.354 e. The number of hydrogen-bond donors (Lipinski definition) is 0. The summed E-state index contributed by atoms with van der Waals surface area (Å²) in [5.41, 5.74) is -0.668. The maximum atomic E-state index is 12.7. The van der Waals surface area contributed by atoms with Gasteiger partial charge in [0.2, 0.25) is 5.91 Å². The van der Waals surface area contributed by atoms with Gasteiger partial charge in [-0.2, -0.15) is 0 Å². The van der Waals surface area contributed by atoms with Gasteiger partial charge in [-0.25, -0.2) is 0 Å². The molecule has 1 amide bonds. The summed E-state index contributed by atoms with van der Waals surface area (Å²) in [5.74, 6) is 0.709. The monoisotopic (exact) mass is 251 g/mol. The molecule has 2 fully saturated rings. The summed E-state index contributed by atoms with van der Waals surface area (Å²) >= 11 is 0. The summed E-state index contributed by atoms with van der Waals surface area (Å²) in [4.78, 5) is 14.8. The fraction of sp³-hybridized carbons (Fsp3) is 0.800. The molecule has 2 heterocycles. The van der Waals surface area contributed by atoms with Crippen LogP contribution in [0.25, 0.3) is 0 Å². The molecule has 3 heteroatoms. The Balaban J connectivity index is 2.25. The van der Waals surface area contributed by atoms with Crippen molar-refractivity contribution in [2.45, 2.75) is 58.7 Å². The third kappa shape index (κ3) is 1.89. The quantitative estimate of drug-likeness (QED) is 0.719. The Morgan fingerprint density at radius 2 is 2.22 bits per heavy atom. The molecule has 0 aromatic heterocycles. The number of carbonyl (C=O) groups is 1.